The molecule has 3 aromatic carbocycles. The van der Waals surface area contributed by atoms with E-state index in [1.54, 1.807) is 29.5 Å². The molecule has 1 aliphatic rings. The summed E-state index contributed by atoms with van der Waals surface area (Å²) in [5.74, 6) is -0.900. The minimum Gasteiger partial charge on any atom is -0.351 e. The Morgan fingerprint density at radius 3 is 2.47 bits per heavy atom. The molecule has 2 N–H and O–H groups in total. The summed E-state index contributed by atoms with van der Waals surface area (Å²) < 4.78 is 42.3. The fraction of sp³-hybridized carbons (Fsp3) is 0.259. The molecule has 11 heteroatoms. The van der Waals surface area contributed by atoms with Crippen molar-refractivity contribution in [2.24, 2.45) is 0 Å². The quantitative estimate of drug-likeness (QED) is 0.341. The largest absolute Gasteiger partial charge is 0.351 e. The Balaban J connectivity index is 1.14. The molecule has 8 nitrogen and oxygen atoms in total. The predicted octanol–water partition coefficient (Wildman–Crippen LogP) is 4.10. The fourth-order valence-corrected chi connectivity index (χ4v) is 6.56. The topological polar surface area (TPSA) is 94.6 Å². The van der Waals surface area contributed by atoms with Gasteiger partial charge in [0.05, 0.1) is 26.4 Å². The van der Waals surface area contributed by atoms with E-state index in [-0.39, 0.29) is 22.1 Å². The highest BCUT2D eigenvalue weighted by molar-refractivity contribution is 7.92. The number of amides is 1. The van der Waals surface area contributed by atoms with E-state index in [4.69, 9.17) is 4.98 Å². The van der Waals surface area contributed by atoms with Crippen molar-refractivity contribution in [1.29, 1.82) is 0 Å². The van der Waals surface area contributed by atoms with E-state index < -0.39 is 15.8 Å². The average Bonchev–Trinajstić information content (AvgIpc) is 3.35. The summed E-state index contributed by atoms with van der Waals surface area (Å²) in [5, 5.41) is 3.94. The predicted molar refractivity (Wildman–Crippen MR) is 149 cm³/mol. The Hall–Kier alpha value is -3.54. The van der Waals surface area contributed by atoms with E-state index in [9.17, 15) is 17.6 Å². The van der Waals surface area contributed by atoms with Crippen LogP contribution in [0.1, 0.15) is 15.9 Å². The number of sulfonamides is 1. The van der Waals surface area contributed by atoms with Gasteiger partial charge in [-0.05, 0) is 55.0 Å². The van der Waals surface area contributed by atoms with Crippen LogP contribution in [-0.4, -0.2) is 63.5 Å². The molecular formula is C27H28FN5O3S2. The molecule has 0 atom stereocenters. The summed E-state index contributed by atoms with van der Waals surface area (Å²) in [6, 6.07) is 17.2. The van der Waals surface area contributed by atoms with Crippen molar-refractivity contribution in [3.63, 3.8) is 0 Å². The van der Waals surface area contributed by atoms with E-state index in [0.717, 1.165) is 49.0 Å². The number of hydrogen-bond acceptors (Lipinski definition) is 7. The summed E-state index contributed by atoms with van der Waals surface area (Å²) in [6.07, 6.45) is 0. The van der Waals surface area contributed by atoms with Gasteiger partial charge >= 0.3 is 0 Å². The van der Waals surface area contributed by atoms with Crippen molar-refractivity contribution in [1.82, 2.24) is 15.2 Å². The summed E-state index contributed by atoms with van der Waals surface area (Å²) in [5.41, 5.74) is 2.63. The molecule has 0 spiro atoms. The van der Waals surface area contributed by atoms with E-state index in [2.05, 4.69) is 45.0 Å². The SMILES string of the molecule is Cc1cccc2sc(N3CCN(CCNC(=O)c4ccccc4NS(=O)(=O)c4ccc(F)cc4)CC3)nc12. The zero-order valence-corrected chi connectivity index (χ0v) is 22.5. The van der Waals surface area contributed by atoms with E-state index in [1.165, 1.54) is 28.5 Å². The standard InChI is InChI=1S/C27H28FN5O3S2/c1-19-5-4-8-24-25(19)30-27(37-24)33-17-15-32(16-18-33)14-13-29-26(34)22-6-2-3-7-23(22)31-38(35,36)21-11-9-20(28)10-12-21/h2-12,31H,13-18H2,1H3,(H,29,34). The van der Waals surface area contributed by atoms with Gasteiger partial charge < -0.3 is 10.2 Å². The van der Waals surface area contributed by atoms with Crippen molar-refractivity contribution in [2.45, 2.75) is 11.8 Å². The lowest BCUT2D eigenvalue weighted by molar-refractivity contribution is 0.0948. The third-order valence-electron chi connectivity index (χ3n) is 6.51. The van der Waals surface area contributed by atoms with E-state index in [1.807, 2.05) is 0 Å². The number of nitrogens with one attached hydrogen (secondary N) is 2. The maximum atomic E-state index is 13.2. The van der Waals surface area contributed by atoms with Gasteiger partial charge in [-0.1, -0.05) is 35.6 Å². The summed E-state index contributed by atoms with van der Waals surface area (Å²) in [4.78, 5) is 22.2. The lowest BCUT2D eigenvalue weighted by Crippen LogP contribution is -2.48. The molecule has 4 aromatic rings. The highest BCUT2D eigenvalue weighted by Gasteiger charge is 2.21. The first-order chi connectivity index (χ1) is 18.3. The van der Waals surface area contributed by atoms with Gasteiger partial charge in [0, 0.05) is 39.3 Å². The van der Waals surface area contributed by atoms with E-state index >= 15 is 0 Å². The van der Waals surface area contributed by atoms with Crippen LogP contribution in [0.25, 0.3) is 10.2 Å². The molecule has 1 amide bonds. The smallest absolute Gasteiger partial charge is 0.261 e. The third-order valence-corrected chi connectivity index (χ3v) is 8.97. The second-order valence-electron chi connectivity index (χ2n) is 9.11. The van der Waals surface area contributed by atoms with Gasteiger partial charge in [-0.3, -0.25) is 14.4 Å². The summed E-state index contributed by atoms with van der Waals surface area (Å²) >= 11 is 1.72. The number of hydrogen-bond donors (Lipinski definition) is 2. The number of fused-ring (bicyclic) bond motifs is 1. The van der Waals surface area contributed by atoms with Crippen molar-refractivity contribution >= 4 is 48.3 Å². The van der Waals surface area contributed by atoms with Crippen molar-refractivity contribution in [3.8, 4) is 0 Å². The number of carbonyl (C=O) groups excluding carboxylic acids is 1. The Kier molecular flexibility index (Phi) is 7.59. The first-order valence-electron chi connectivity index (χ1n) is 12.3. The minimum absolute atomic E-state index is 0.0887. The number of rotatable bonds is 8. The van der Waals surface area contributed by atoms with Gasteiger partial charge in [0.2, 0.25) is 0 Å². The molecule has 0 bridgehead atoms. The lowest BCUT2D eigenvalue weighted by atomic mass is 10.1. The summed E-state index contributed by atoms with van der Waals surface area (Å²) in [6.45, 7) is 6.64. The molecule has 1 saturated heterocycles. The zero-order chi connectivity index (χ0) is 26.7. The molecule has 0 saturated carbocycles. The number of aryl methyl sites for hydroxylation is 1. The van der Waals surface area contributed by atoms with Gasteiger partial charge in [-0.15, -0.1) is 0 Å². The van der Waals surface area contributed by atoms with Gasteiger partial charge in [0.25, 0.3) is 15.9 Å². The van der Waals surface area contributed by atoms with Crippen molar-refractivity contribution < 1.29 is 17.6 Å². The first-order valence-corrected chi connectivity index (χ1v) is 14.6. The number of para-hydroxylation sites is 2. The van der Waals surface area contributed by atoms with Crippen LogP contribution in [0.5, 0.6) is 0 Å². The molecule has 5 rings (SSSR count). The van der Waals surface area contributed by atoms with Crippen molar-refractivity contribution in [3.05, 3.63) is 83.7 Å². The monoisotopic (exact) mass is 553 g/mol. The molecule has 2 heterocycles. The van der Waals surface area contributed by atoms with Crippen LogP contribution >= 0.6 is 11.3 Å². The molecule has 38 heavy (non-hydrogen) atoms. The first kappa shape index (κ1) is 26.1. The molecule has 0 radical (unpaired) electrons. The van der Waals surface area contributed by atoms with Crippen LogP contribution in [0.4, 0.5) is 15.2 Å². The fourth-order valence-electron chi connectivity index (χ4n) is 4.38. The average molecular weight is 554 g/mol. The number of benzene rings is 3. The van der Waals surface area contributed by atoms with Crippen LogP contribution in [-0.2, 0) is 10.0 Å². The highest BCUT2D eigenvalue weighted by Crippen LogP contribution is 2.31. The maximum Gasteiger partial charge on any atom is 0.261 e. The molecule has 1 aliphatic heterocycles. The van der Waals surface area contributed by atoms with Gasteiger partial charge in [-0.2, -0.15) is 0 Å². The molecule has 198 valence electrons. The van der Waals surface area contributed by atoms with Gasteiger partial charge in [-0.25, -0.2) is 17.8 Å². The van der Waals surface area contributed by atoms with Crippen LogP contribution in [0.2, 0.25) is 0 Å². The molecule has 0 aliphatic carbocycles. The third kappa shape index (κ3) is 5.79. The molecule has 0 unspecified atom stereocenters. The number of carbonyl (C=O) groups is 1. The number of anilines is 2. The normalized spacial score (nSPS) is 14.5. The van der Waals surface area contributed by atoms with Crippen LogP contribution in [0.15, 0.2) is 71.6 Å². The maximum absolute atomic E-state index is 13.2. The molecule has 1 fully saturated rings. The summed E-state index contributed by atoms with van der Waals surface area (Å²) in [7, 11) is -3.98. The molecule has 1 aromatic heterocycles. The van der Waals surface area contributed by atoms with Crippen LogP contribution < -0.4 is 14.9 Å². The number of piperazine rings is 1. The lowest BCUT2D eigenvalue weighted by Gasteiger charge is -2.34. The second kappa shape index (κ2) is 11.1. The Morgan fingerprint density at radius 1 is 1.00 bits per heavy atom. The Labute approximate surface area is 225 Å². The second-order valence-corrected chi connectivity index (χ2v) is 11.8. The Bertz CT molecular complexity index is 1550. The number of aromatic nitrogens is 1. The van der Waals surface area contributed by atoms with Gasteiger partial charge in [0.1, 0.15) is 5.82 Å². The van der Waals surface area contributed by atoms with E-state index in [0.29, 0.717) is 13.1 Å². The number of thiazole rings is 1. The van der Waals surface area contributed by atoms with Gasteiger partial charge in [0.15, 0.2) is 5.13 Å². The number of nitrogens with zero attached hydrogens (tertiary/aromatic N) is 3. The van der Waals surface area contributed by atoms with Crippen molar-refractivity contribution in [2.75, 3.05) is 48.9 Å². The van der Waals surface area contributed by atoms with Crippen LogP contribution in [0, 0.1) is 12.7 Å². The number of halogens is 1. The zero-order valence-electron chi connectivity index (χ0n) is 20.9. The highest BCUT2D eigenvalue weighted by atomic mass is 32.2. The molecular weight excluding hydrogens is 525 g/mol. The Morgan fingerprint density at radius 2 is 1.74 bits per heavy atom. The minimum atomic E-state index is -3.98. The van der Waals surface area contributed by atoms with Crippen LogP contribution in [0.3, 0.4) is 0 Å².